The summed E-state index contributed by atoms with van der Waals surface area (Å²) in [6.07, 6.45) is 11.2. The van der Waals surface area contributed by atoms with Crippen LogP contribution in [0.1, 0.15) is 51.3 Å². The van der Waals surface area contributed by atoms with E-state index in [-0.39, 0.29) is 11.0 Å². The van der Waals surface area contributed by atoms with Gasteiger partial charge in [-0.05, 0) is 48.1 Å². The van der Waals surface area contributed by atoms with Crippen LogP contribution in [0.3, 0.4) is 0 Å². The van der Waals surface area contributed by atoms with Gasteiger partial charge in [0.25, 0.3) is 0 Å². The molecule has 2 aliphatic heterocycles. The van der Waals surface area contributed by atoms with Gasteiger partial charge in [-0.1, -0.05) is 76.0 Å². The summed E-state index contributed by atoms with van der Waals surface area (Å²) < 4.78 is 0. The molecule has 0 radical (unpaired) electrons. The Hall–Kier alpha value is -1.54. The first kappa shape index (κ1) is 17.9. The lowest BCUT2D eigenvalue weighted by Gasteiger charge is -2.63. The molecule has 2 heterocycles. The summed E-state index contributed by atoms with van der Waals surface area (Å²) in [4.78, 5) is 2.67. The molecular weight excluding hydrogens is 330 g/mol. The highest BCUT2D eigenvalue weighted by Gasteiger charge is 2.58. The predicted molar refractivity (Wildman–Crippen MR) is 115 cm³/mol. The van der Waals surface area contributed by atoms with E-state index in [1.807, 2.05) is 0 Å². The Morgan fingerprint density at radius 1 is 1.08 bits per heavy atom. The second kappa shape index (κ2) is 5.48. The first-order valence-corrected chi connectivity index (χ1v) is 13.6. The number of allylic oxidation sites excluding steroid dienone is 2. The highest BCUT2D eigenvalue weighted by atomic mass is 28.3. The third kappa shape index (κ3) is 2.27. The van der Waals surface area contributed by atoms with E-state index in [9.17, 15) is 0 Å². The molecule has 2 heteroatoms. The molecule has 0 N–H and O–H groups in total. The summed E-state index contributed by atoms with van der Waals surface area (Å²) in [6, 6.07) is 9.47. The van der Waals surface area contributed by atoms with Crippen molar-refractivity contribution < 1.29 is 0 Å². The summed E-state index contributed by atoms with van der Waals surface area (Å²) in [5.74, 6) is 0.691. The summed E-state index contributed by atoms with van der Waals surface area (Å²) in [6.45, 7) is 17.0. The smallest absolute Gasteiger partial charge is 0.0798 e. The first-order valence-electron chi connectivity index (χ1n) is 10.1. The van der Waals surface area contributed by atoms with Gasteiger partial charge >= 0.3 is 0 Å². The topological polar surface area (TPSA) is 3.24 Å². The van der Waals surface area contributed by atoms with Crippen LogP contribution in [-0.2, 0) is 5.41 Å². The molecule has 0 saturated heterocycles. The summed E-state index contributed by atoms with van der Waals surface area (Å²) >= 11 is 0. The Kier molecular flexibility index (Phi) is 3.76. The largest absolute Gasteiger partial charge is 0.357 e. The van der Waals surface area contributed by atoms with Crippen molar-refractivity contribution in [2.75, 3.05) is 0 Å². The van der Waals surface area contributed by atoms with E-state index in [2.05, 4.69) is 101 Å². The van der Waals surface area contributed by atoms with Crippen LogP contribution in [0, 0.1) is 5.92 Å². The summed E-state index contributed by atoms with van der Waals surface area (Å²) in [5.41, 5.74) is 4.77. The first-order chi connectivity index (χ1) is 12.1. The normalized spacial score (nSPS) is 32.3. The van der Waals surface area contributed by atoms with E-state index in [1.165, 1.54) is 17.5 Å². The van der Waals surface area contributed by atoms with E-state index < -0.39 is 8.07 Å². The van der Waals surface area contributed by atoms with Crippen molar-refractivity contribution in [2.24, 2.45) is 5.92 Å². The number of rotatable bonds is 3. The number of hydrogen-bond acceptors (Lipinski definition) is 1. The van der Waals surface area contributed by atoms with Gasteiger partial charge < -0.3 is 4.90 Å². The molecule has 0 saturated carbocycles. The van der Waals surface area contributed by atoms with Crippen LogP contribution < -0.4 is 0 Å². The van der Waals surface area contributed by atoms with E-state index in [4.69, 9.17) is 0 Å². The lowest BCUT2D eigenvalue weighted by atomic mass is 9.54. The van der Waals surface area contributed by atoms with Gasteiger partial charge in [-0.3, -0.25) is 0 Å². The molecule has 3 unspecified atom stereocenters. The molecule has 138 valence electrons. The van der Waals surface area contributed by atoms with Gasteiger partial charge in [-0.2, -0.15) is 0 Å². The molecule has 1 aromatic carbocycles. The van der Waals surface area contributed by atoms with Crippen LogP contribution in [0.15, 0.2) is 59.5 Å². The molecule has 26 heavy (non-hydrogen) atoms. The van der Waals surface area contributed by atoms with Gasteiger partial charge in [-0.15, -0.1) is 0 Å². The summed E-state index contributed by atoms with van der Waals surface area (Å²) in [7, 11) is -1.41. The van der Waals surface area contributed by atoms with E-state index in [0.717, 1.165) is 0 Å². The molecule has 0 fully saturated rings. The molecule has 1 aromatic rings. The quantitative estimate of drug-likeness (QED) is 0.445. The minimum atomic E-state index is -1.41. The fourth-order valence-electron chi connectivity index (χ4n) is 5.14. The molecule has 1 aliphatic carbocycles. The van der Waals surface area contributed by atoms with E-state index in [0.29, 0.717) is 12.0 Å². The Labute approximate surface area is 160 Å². The van der Waals surface area contributed by atoms with Gasteiger partial charge in [0.2, 0.25) is 0 Å². The van der Waals surface area contributed by atoms with E-state index in [1.54, 1.807) is 10.8 Å². The predicted octanol–water partition coefficient (Wildman–Crippen LogP) is 6.38. The van der Waals surface area contributed by atoms with Crippen molar-refractivity contribution in [3.05, 3.63) is 70.6 Å². The lowest BCUT2D eigenvalue weighted by Crippen LogP contribution is -2.65. The number of hydrogen-bond donors (Lipinski definition) is 0. The lowest BCUT2D eigenvalue weighted by molar-refractivity contribution is 0.0747. The monoisotopic (exact) mass is 363 g/mol. The fourth-order valence-corrected chi connectivity index (χ4v) is 6.81. The molecule has 0 bridgehead atoms. The average molecular weight is 364 g/mol. The van der Waals surface area contributed by atoms with Crippen molar-refractivity contribution in [2.45, 2.75) is 70.8 Å². The standard InChI is InChI=1S/C24H33NSi/c1-17(2)14-18-15-21-19-10-8-9-11-20(19)23(3)12-13-24(23,4)25(21)16-22(18)26(5,6)7/h8-13,15-17,21H,14H2,1-7H3. The molecule has 0 aromatic heterocycles. The zero-order valence-electron chi connectivity index (χ0n) is 17.4. The van der Waals surface area contributed by atoms with Gasteiger partial charge in [-0.25, -0.2) is 0 Å². The van der Waals surface area contributed by atoms with Crippen LogP contribution in [0.5, 0.6) is 0 Å². The van der Waals surface area contributed by atoms with Crippen molar-refractivity contribution in [1.29, 1.82) is 0 Å². The Morgan fingerprint density at radius 2 is 1.77 bits per heavy atom. The van der Waals surface area contributed by atoms with Gasteiger partial charge in [0.15, 0.2) is 0 Å². The third-order valence-corrected chi connectivity index (χ3v) is 8.94. The zero-order valence-corrected chi connectivity index (χ0v) is 18.4. The number of fused-ring (bicyclic) bond motifs is 6. The SMILES string of the molecule is CC(C)CC1=CC2c3ccccc3C3(C)C=CC3(C)N2C=C1[Si](C)(C)C. The second-order valence-electron chi connectivity index (χ2n) is 10.2. The molecular formula is C24H33NSi. The highest BCUT2D eigenvalue weighted by molar-refractivity contribution is 6.84. The third-order valence-electron chi connectivity index (χ3n) is 6.88. The maximum Gasteiger partial charge on any atom is 0.0798 e. The Morgan fingerprint density at radius 3 is 2.35 bits per heavy atom. The molecule has 3 atom stereocenters. The van der Waals surface area contributed by atoms with Gasteiger partial charge in [0.05, 0.1) is 19.7 Å². The van der Waals surface area contributed by atoms with Crippen LogP contribution in [-0.4, -0.2) is 18.5 Å². The minimum absolute atomic E-state index is 0.0663. The molecule has 0 spiro atoms. The molecule has 0 amide bonds. The van der Waals surface area contributed by atoms with Crippen LogP contribution >= 0.6 is 0 Å². The minimum Gasteiger partial charge on any atom is -0.357 e. The van der Waals surface area contributed by atoms with Crippen molar-refractivity contribution in [3.63, 3.8) is 0 Å². The average Bonchev–Trinajstić information content (AvgIpc) is 2.56. The van der Waals surface area contributed by atoms with Crippen LogP contribution in [0.25, 0.3) is 0 Å². The highest BCUT2D eigenvalue weighted by Crippen LogP contribution is 2.58. The number of nitrogens with zero attached hydrogens (tertiary/aromatic N) is 1. The molecule has 1 nitrogen and oxygen atoms in total. The van der Waals surface area contributed by atoms with Crippen molar-refractivity contribution in [1.82, 2.24) is 4.90 Å². The van der Waals surface area contributed by atoms with E-state index >= 15 is 0 Å². The van der Waals surface area contributed by atoms with Crippen molar-refractivity contribution >= 4 is 8.07 Å². The maximum absolute atomic E-state index is 2.67. The maximum atomic E-state index is 2.67. The van der Waals surface area contributed by atoms with Gasteiger partial charge in [0, 0.05) is 11.6 Å². The second-order valence-corrected chi connectivity index (χ2v) is 15.2. The molecule has 3 aliphatic rings. The molecule has 4 rings (SSSR count). The van der Waals surface area contributed by atoms with Crippen LogP contribution in [0.2, 0.25) is 19.6 Å². The Balaban J connectivity index is 1.93. The van der Waals surface area contributed by atoms with Crippen molar-refractivity contribution in [3.8, 4) is 0 Å². The summed E-state index contributed by atoms with van der Waals surface area (Å²) in [5, 5.41) is 1.64. The van der Waals surface area contributed by atoms with Crippen LogP contribution in [0.4, 0.5) is 0 Å². The fraction of sp³-hybridized carbons (Fsp3) is 0.500. The zero-order chi connectivity index (χ0) is 18.9. The van der Waals surface area contributed by atoms with Gasteiger partial charge in [0.1, 0.15) is 0 Å². The number of benzene rings is 1. The Bertz CT molecular complexity index is 838.